The van der Waals surface area contributed by atoms with Gasteiger partial charge in [0, 0.05) is 13.0 Å². The molecule has 12 heavy (non-hydrogen) atoms. The van der Waals surface area contributed by atoms with E-state index < -0.39 is 11.6 Å². The van der Waals surface area contributed by atoms with E-state index in [0.717, 1.165) is 12.8 Å². The molecule has 1 rings (SSSR count). The normalized spacial score (nSPS) is 21.6. The highest BCUT2D eigenvalue weighted by Gasteiger charge is 2.50. The fourth-order valence-electron chi connectivity index (χ4n) is 1.30. The van der Waals surface area contributed by atoms with Gasteiger partial charge in [-0.05, 0) is 12.8 Å². The van der Waals surface area contributed by atoms with Gasteiger partial charge in [0.15, 0.2) is 5.60 Å². The van der Waals surface area contributed by atoms with Gasteiger partial charge in [0.05, 0.1) is 13.7 Å². The van der Waals surface area contributed by atoms with Crippen molar-refractivity contribution < 1.29 is 19.4 Å². The summed E-state index contributed by atoms with van der Waals surface area (Å²) in [6.45, 7) is 0.0182. The highest BCUT2D eigenvalue weighted by molar-refractivity contribution is 5.80. The van der Waals surface area contributed by atoms with E-state index in [-0.39, 0.29) is 12.5 Å². The van der Waals surface area contributed by atoms with Crippen LogP contribution in [0.2, 0.25) is 0 Å². The van der Waals surface area contributed by atoms with E-state index in [1.54, 1.807) is 0 Å². The Labute approximate surface area is 71.5 Å². The zero-order valence-corrected chi connectivity index (χ0v) is 7.37. The largest absolute Gasteiger partial charge is 0.467 e. The van der Waals surface area contributed by atoms with Crippen molar-refractivity contribution in [3.63, 3.8) is 0 Å². The molecule has 1 saturated carbocycles. The van der Waals surface area contributed by atoms with E-state index in [1.165, 1.54) is 14.2 Å². The summed E-state index contributed by atoms with van der Waals surface area (Å²) in [5.74, 6) is -0.572. The predicted molar refractivity (Wildman–Crippen MR) is 41.6 cm³/mol. The van der Waals surface area contributed by atoms with Crippen molar-refractivity contribution >= 4 is 5.97 Å². The van der Waals surface area contributed by atoms with Crippen molar-refractivity contribution in [3.8, 4) is 0 Å². The fourth-order valence-corrected chi connectivity index (χ4v) is 1.30. The van der Waals surface area contributed by atoms with Gasteiger partial charge in [0.2, 0.25) is 0 Å². The summed E-state index contributed by atoms with van der Waals surface area (Å²) in [7, 11) is 2.72. The quantitative estimate of drug-likeness (QED) is 0.607. The van der Waals surface area contributed by atoms with Gasteiger partial charge in [-0.15, -0.1) is 0 Å². The van der Waals surface area contributed by atoms with Crippen LogP contribution in [-0.2, 0) is 14.3 Å². The van der Waals surface area contributed by atoms with Crippen LogP contribution in [-0.4, -0.2) is 37.5 Å². The molecule has 0 amide bonds. The first-order chi connectivity index (χ1) is 5.65. The summed E-state index contributed by atoms with van der Waals surface area (Å²) < 4.78 is 9.28. The summed E-state index contributed by atoms with van der Waals surface area (Å²) in [5.41, 5.74) is -1.41. The van der Waals surface area contributed by atoms with Crippen LogP contribution < -0.4 is 0 Å². The van der Waals surface area contributed by atoms with E-state index in [2.05, 4.69) is 4.74 Å². The van der Waals surface area contributed by atoms with E-state index in [4.69, 9.17) is 4.74 Å². The molecule has 0 bridgehead atoms. The van der Waals surface area contributed by atoms with E-state index in [9.17, 15) is 9.90 Å². The molecule has 0 saturated heterocycles. The molecule has 1 aliphatic rings. The van der Waals surface area contributed by atoms with Gasteiger partial charge in [0.1, 0.15) is 0 Å². The van der Waals surface area contributed by atoms with Gasteiger partial charge in [-0.3, -0.25) is 0 Å². The number of aliphatic hydroxyl groups is 1. The first-order valence-electron chi connectivity index (χ1n) is 3.95. The minimum absolute atomic E-state index is 0.0182. The second kappa shape index (κ2) is 3.41. The number of methoxy groups -OCH3 is 2. The molecule has 1 unspecified atom stereocenters. The second-order valence-corrected chi connectivity index (χ2v) is 3.12. The van der Waals surface area contributed by atoms with Gasteiger partial charge in [-0.2, -0.15) is 0 Å². The molecule has 4 heteroatoms. The van der Waals surface area contributed by atoms with E-state index in [1.807, 2.05) is 0 Å². The summed E-state index contributed by atoms with van der Waals surface area (Å²) in [6.07, 6.45) is 1.74. The van der Waals surface area contributed by atoms with Crippen LogP contribution in [0.4, 0.5) is 0 Å². The van der Waals surface area contributed by atoms with Crippen molar-refractivity contribution in [1.82, 2.24) is 0 Å². The molecule has 0 radical (unpaired) electrons. The molecule has 0 aliphatic heterocycles. The van der Waals surface area contributed by atoms with Crippen molar-refractivity contribution in [2.24, 2.45) is 5.92 Å². The van der Waals surface area contributed by atoms with Crippen molar-refractivity contribution in [2.75, 3.05) is 20.8 Å². The minimum atomic E-state index is -1.41. The summed E-state index contributed by atoms with van der Waals surface area (Å²) in [4.78, 5) is 11.2. The fraction of sp³-hybridized carbons (Fsp3) is 0.875. The third-order valence-electron chi connectivity index (χ3n) is 2.16. The third-order valence-corrected chi connectivity index (χ3v) is 2.16. The number of esters is 1. The highest BCUT2D eigenvalue weighted by Crippen LogP contribution is 2.40. The molecular formula is C8H14O4. The maximum atomic E-state index is 11.2. The lowest BCUT2D eigenvalue weighted by Gasteiger charge is -2.23. The van der Waals surface area contributed by atoms with Gasteiger partial charge in [-0.25, -0.2) is 4.79 Å². The number of carbonyl (C=O) groups is 1. The van der Waals surface area contributed by atoms with E-state index >= 15 is 0 Å². The molecule has 0 spiro atoms. The van der Waals surface area contributed by atoms with Crippen molar-refractivity contribution in [2.45, 2.75) is 18.4 Å². The average molecular weight is 174 g/mol. The molecule has 4 nitrogen and oxygen atoms in total. The SMILES string of the molecule is COCC(O)(C(=O)OC)C1CC1. The standard InChI is InChI=1S/C8H14O4/c1-11-5-8(10,6-3-4-6)7(9)12-2/h6,10H,3-5H2,1-2H3. The molecule has 1 atom stereocenters. The Bertz CT molecular complexity index is 176. The number of hydrogen-bond donors (Lipinski definition) is 1. The van der Waals surface area contributed by atoms with Crippen LogP contribution >= 0.6 is 0 Å². The van der Waals surface area contributed by atoms with Gasteiger partial charge < -0.3 is 14.6 Å². The maximum absolute atomic E-state index is 11.2. The molecule has 0 aromatic heterocycles. The molecule has 70 valence electrons. The Hall–Kier alpha value is -0.610. The van der Waals surface area contributed by atoms with Gasteiger partial charge >= 0.3 is 5.97 Å². The molecule has 0 aromatic rings. The third kappa shape index (κ3) is 1.59. The monoisotopic (exact) mass is 174 g/mol. The second-order valence-electron chi connectivity index (χ2n) is 3.12. The Kier molecular flexibility index (Phi) is 2.69. The first-order valence-corrected chi connectivity index (χ1v) is 3.95. The Balaban J connectivity index is 2.63. The van der Waals surface area contributed by atoms with Crippen LogP contribution in [0.5, 0.6) is 0 Å². The Morgan fingerprint density at radius 1 is 1.58 bits per heavy atom. The van der Waals surface area contributed by atoms with Crippen LogP contribution in [0.25, 0.3) is 0 Å². The molecule has 0 aromatic carbocycles. The lowest BCUT2D eigenvalue weighted by atomic mass is 9.99. The molecular weight excluding hydrogens is 160 g/mol. The summed E-state index contributed by atoms with van der Waals surface area (Å²) in [5, 5.41) is 9.82. The lowest BCUT2D eigenvalue weighted by Crippen LogP contribution is -2.46. The number of hydrogen-bond acceptors (Lipinski definition) is 4. The lowest BCUT2D eigenvalue weighted by molar-refractivity contribution is -0.170. The zero-order chi connectivity index (χ0) is 9.19. The van der Waals surface area contributed by atoms with Gasteiger partial charge in [-0.1, -0.05) is 0 Å². The summed E-state index contributed by atoms with van der Waals surface area (Å²) >= 11 is 0. The zero-order valence-electron chi connectivity index (χ0n) is 7.37. The highest BCUT2D eigenvalue weighted by atomic mass is 16.6. The average Bonchev–Trinajstić information content (AvgIpc) is 2.85. The van der Waals surface area contributed by atoms with E-state index in [0.29, 0.717) is 0 Å². The smallest absolute Gasteiger partial charge is 0.340 e. The Morgan fingerprint density at radius 2 is 2.17 bits per heavy atom. The topological polar surface area (TPSA) is 55.8 Å². The van der Waals surface area contributed by atoms with Crippen LogP contribution in [0.15, 0.2) is 0 Å². The van der Waals surface area contributed by atoms with Crippen LogP contribution in [0, 0.1) is 5.92 Å². The minimum Gasteiger partial charge on any atom is -0.467 e. The number of rotatable bonds is 4. The number of carbonyl (C=O) groups excluding carboxylic acids is 1. The van der Waals surface area contributed by atoms with Crippen molar-refractivity contribution in [1.29, 1.82) is 0 Å². The number of ether oxygens (including phenoxy) is 2. The maximum Gasteiger partial charge on any atom is 0.340 e. The van der Waals surface area contributed by atoms with Crippen LogP contribution in [0.1, 0.15) is 12.8 Å². The van der Waals surface area contributed by atoms with Gasteiger partial charge in [0.25, 0.3) is 0 Å². The summed E-state index contributed by atoms with van der Waals surface area (Å²) in [6, 6.07) is 0. The van der Waals surface area contributed by atoms with Crippen molar-refractivity contribution in [3.05, 3.63) is 0 Å². The molecule has 1 aliphatic carbocycles. The van der Waals surface area contributed by atoms with Crippen LogP contribution in [0.3, 0.4) is 0 Å². The predicted octanol–water partition coefficient (Wildman–Crippen LogP) is -0.0531. The first kappa shape index (κ1) is 9.48. The molecule has 1 fully saturated rings. The molecule has 1 N–H and O–H groups in total. The Morgan fingerprint density at radius 3 is 2.50 bits per heavy atom. The molecule has 0 heterocycles.